The van der Waals surface area contributed by atoms with E-state index in [2.05, 4.69) is 9.97 Å². The van der Waals surface area contributed by atoms with E-state index in [1.165, 1.54) is 12.3 Å². The van der Waals surface area contributed by atoms with Crippen LogP contribution in [0.3, 0.4) is 0 Å². The molecule has 98 valence electrons. The Morgan fingerprint density at radius 2 is 2.11 bits per heavy atom. The van der Waals surface area contributed by atoms with Crippen LogP contribution in [0.4, 0.5) is 5.69 Å². The molecule has 6 heteroatoms. The van der Waals surface area contributed by atoms with Crippen LogP contribution in [0.25, 0.3) is 0 Å². The number of carboxylic acid groups (broad SMARTS) is 1. The number of nitrogen functional groups attached to an aromatic ring is 1. The highest BCUT2D eigenvalue weighted by Crippen LogP contribution is 2.22. The van der Waals surface area contributed by atoms with Gasteiger partial charge in [0.2, 0.25) is 5.88 Å². The van der Waals surface area contributed by atoms with Crippen molar-refractivity contribution in [2.45, 2.75) is 6.42 Å². The molecule has 0 unspecified atom stereocenters. The fraction of sp³-hybridized carbons (Fsp3) is 0.154. The van der Waals surface area contributed by atoms with Crippen molar-refractivity contribution in [2.24, 2.45) is 0 Å². The molecule has 0 radical (unpaired) electrons. The summed E-state index contributed by atoms with van der Waals surface area (Å²) in [6.07, 6.45) is 3.65. The fourth-order valence-corrected chi connectivity index (χ4v) is 1.55. The smallest absolute Gasteiger partial charge is 0.338 e. The van der Waals surface area contributed by atoms with E-state index < -0.39 is 5.97 Å². The van der Waals surface area contributed by atoms with Gasteiger partial charge in [-0.05, 0) is 18.2 Å². The van der Waals surface area contributed by atoms with Gasteiger partial charge in [0.15, 0.2) is 0 Å². The first-order valence-electron chi connectivity index (χ1n) is 5.69. The summed E-state index contributed by atoms with van der Waals surface area (Å²) >= 11 is 0. The van der Waals surface area contributed by atoms with Crippen molar-refractivity contribution >= 4 is 11.7 Å². The Hall–Kier alpha value is -2.63. The quantitative estimate of drug-likeness (QED) is 0.841. The molecule has 2 aromatic heterocycles. The zero-order valence-corrected chi connectivity index (χ0v) is 10.1. The van der Waals surface area contributed by atoms with Gasteiger partial charge in [0.05, 0.1) is 12.2 Å². The number of aromatic carboxylic acids is 1. The summed E-state index contributed by atoms with van der Waals surface area (Å²) < 4.78 is 5.39. The predicted molar refractivity (Wildman–Crippen MR) is 69.0 cm³/mol. The summed E-state index contributed by atoms with van der Waals surface area (Å²) in [4.78, 5) is 19.0. The van der Waals surface area contributed by atoms with Crippen molar-refractivity contribution in [2.75, 3.05) is 12.3 Å². The number of ether oxygens (including phenoxy) is 1. The van der Waals surface area contributed by atoms with Crippen LogP contribution >= 0.6 is 0 Å². The van der Waals surface area contributed by atoms with Crippen LogP contribution in [0, 0.1) is 0 Å². The van der Waals surface area contributed by atoms with Gasteiger partial charge in [-0.25, -0.2) is 9.78 Å². The highest BCUT2D eigenvalue weighted by Gasteiger charge is 2.13. The van der Waals surface area contributed by atoms with Gasteiger partial charge in [0.25, 0.3) is 0 Å². The summed E-state index contributed by atoms with van der Waals surface area (Å²) in [5, 5.41) is 8.92. The van der Waals surface area contributed by atoms with E-state index in [1.807, 2.05) is 18.2 Å². The Bertz CT molecular complexity index is 573. The first-order valence-corrected chi connectivity index (χ1v) is 5.69. The molecule has 3 N–H and O–H groups in total. The Labute approximate surface area is 109 Å². The normalized spacial score (nSPS) is 10.1. The average molecular weight is 259 g/mol. The fourth-order valence-electron chi connectivity index (χ4n) is 1.55. The van der Waals surface area contributed by atoms with E-state index in [4.69, 9.17) is 15.6 Å². The number of nitrogens with two attached hydrogens (primary N) is 1. The summed E-state index contributed by atoms with van der Waals surface area (Å²) in [5.41, 5.74) is 6.59. The number of rotatable bonds is 5. The molecular weight excluding hydrogens is 246 g/mol. The third-order valence-corrected chi connectivity index (χ3v) is 2.51. The predicted octanol–water partition coefficient (Wildman–Crippen LogP) is 1.38. The van der Waals surface area contributed by atoms with Crippen LogP contribution in [0.1, 0.15) is 16.1 Å². The van der Waals surface area contributed by atoms with Gasteiger partial charge in [-0.1, -0.05) is 6.07 Å². The molecule has 2 aromatic rings. The minimum atomic E-state index is -1.10. The van der Waals surface area contributed by atoms with Crippen LogP contribution in [-0.4, -0.2) is 27.7 Å². The zero-order chi connectivity index (χ0) is 13.7. The van der Waals surface area contributed by atoms with E-state index in [1.54, 1.807) is 6.20 Å². The maximum atomic E-state index is 10.9. The highest BCUT2D eigenvalue weighted by molar-refractivity contribution is 5.94. The summed E-state index contributed by atoms with van der Waals surface area (Å²) in [5.74, 6) is -0.967. The summed E-state index contributed by atoms with van der Waals surface area (Å²) in [7, 11) is 0. The lowest BCUT2D eigenvalue weighted by Crippen LogP contribution is -2.09. The Morgan fingerprint density at radius 3 is 2.79 bits per heavy atom. The number of pyridine rings is 2. The first-order chi connectivity index (χ1) is 9.18. The van der Waals surface area contributed by atoms with Crippen LogP contribution in [0.5, 0.6) is 5.88 Å². The van der Waals surface area contributed by atoms with Crippen molar-refractivity contribution in [1.82, 2.24) is 9.97 Å². The maximum Gasteiger partial charge on any atom is 0.338 e. The van der Waals surface area contributed by atoms with Crippen LogP contribution in [0.2, 0.25) is 0 Å². The van der Waals surface area contributed by atoms with Crippen molar-refractivity contribution in [3.63, 3.8) is 0 Å². The number of hydrogen-bond acceptors (Lipinski definition) is 5. The van der Waals surface area contributed by atoms with Crippen molar-refractivity contribution in [3.8, 4) is 5.88 Å². The molecule has 0 spiro atoms. The molecule has 0 amide bonds. The van der Waals surface area contributed by atoms with Crippen LogP contribution in [-0.2, 0) is 6.42 Å². The molecule has 2 heterocycles. The zero-order valence-electron chi connectivity index (χ0n) is 10.1. The van der Waals surface area contributed by atoms with Crippen molar-refractivity contribution < 1.29 is 14.6 Å². The highest BCUT2D eigenvalue weighted by atomic mass is 16.5. The molecule has 2 rings (SSSR count). The molecular formula is C13H13N3O3. The standard InChI is InChI=1S/C13H13N3O3/c14-11-10(13(17)18)4-7-16-12(11)19-8-5-9-3-1-2-6-15-9/h1-4,6-7H,5,8,14H2,(H,17,18). The van der Waals surface area contributed by atoms with E-state index in [-0.39, 0.29) is 17.1 Å². The minimum absolute atomic E-state index is 0.0113. The van der Waals surface area contributed by atoms with Crippen LogP contribution < -0.4 is 10.5 Å². The number of nitrogens with zero attached hydrogens (tertiary/aromatic N) is 2. The Kier molecular flexibility index (Phi) is 3.92. The first kappa shape index (κ1) is 12.8. The van der Waals surface area contributed by atoms with Crippen LogP contribution in [0.15, 0.2) is 36.7 Å². The molecule has 0 bridgehead atoms. The molecule has 0 saturated carbocycles. The molecule has 6 nitrogen and oxygen atoms in total. The number of carbonyl (C=O) groups is 1. The molecule has 0 aliphatic heterocycles. The molecule has 0 saturated heterocycles. The summed E-state index contributed by atoms with van der Waals surface area (Å²) in [6.45, 7) is 0.331. The van der Waals surface area contributed by atoms with Gasteiger partial charge in [-0.2, -0.15) is 0 Å². The second-order valence-electron chi connectivity index (χ2n) is 3.80. The van der Waals surface area contributed by atoms with Crippen molar-refractivity contribution in [3.05, 3.63) is 47.9 Å². The van der Waals surface area contributed by atoms with E-state index in [0.29, 0.717) is 13.0 Å². The lowest BCUT2D eigenvalue weighted by atomic mass is 10.2. The van der Waals surface area contributed by atoms with E-state index in [0.717, 1.165) is 5.69 Å². The number of carboxylic acids is 1. The minimum Gasteiger partial charge on any atom is -0.478 e. The third-order valence-electron chi connectivity index (χ3n) is 2.51. The number of hydrogen-bond donors (Lipinski definition) is 2. The molecule has 19 heavy (non-hydrogen) atoms. The molecule has 0 aliphatic carbocycles. The SMILES string of the molecule is Nc1c(C(=O)O)ccnc1OCCc1ccccn1. The van der Waals surface area contributed by atoms with Gasteiger partial charge in [-0.15, -0.1) is 0 Å². The van der Waals surface area contributed by atoms with Gasteiger partial charge in [-0.3, -0.25) is 4.98 Å². The topological polar surface area (TPSA) is 98.3 Å². The molecule has 0 atom stereocenters. The maximum absolute atomic E-state index is 10.9. The van der Waals surface area contributed by atoms with E-state index >= 15 is 0 Å². The second kappa shape index (κ2) is 5.81. The van der Waals surface area contributed by atoms with Gasteiger partial charge >= 0.3 is 5.97 Å². The Balaban J connectivity index is 2.00. The molecule has 0 aliphatic rings. The monoisotopic (exact) mass is 259 g/mol. The molecule has 0 aromatic carbocycles. The number of anilines is 1. The molecule has 0 fully saturated rings. The third kappa shape index (κ3) is 3.19. The van der Waals surface area contributed by atoms with Gasteiger partial charge in [0.1, 0.15) is 5.69 Å². The van der Waals surface area contributed by atoms with Gasteiger partial charge < -0.3 is 15.6 Å². The van der Waals surface area contributed by atoms with E-state index in [9.17, 15) is 4.79 Å². The second-order valence-corrected chi connectivity index (χ2v) is 3.80. The average Bonchev–Trinajstić information content (AvgIpc) is 2.41. The van der Waals surface area contributed by atoms with Gasteiger partial charge in [0, 0.05) is 24.5 Å². The summed E-state index contributed by atoms with van der Waals surface area (Å²) in [6, 6.07) is 6.94. The largest absolute Gasteiger partial charge is 0.478 e. The number of aromatic nitrogens is 2. The van der Waals surface area contributed by atoms with Crippen molar-refractivity contribution in [1.29, 1.82) is 0 Å². The lowest BCUT2D eigenvalue weighted by Gasteiger charge is -2.08. The lowest BCUT2D eigenvalue weighted by molar-refractivity contribution is 0.0697. The Morgan fingerprint density at radius 1 is 1.26 bits per heavy atom.